The van der Waals surface area contributed by atoms with Gasteiger partial charge in [0.2, 0.25) is 0 Å². The molecule has 1 saturated heterocycles. The smallest absolute Gasteiger partial charge is 0.319 e. The number of hydrogen-bond acceptors (Lipinski definition) is 3. The topological polar surface area (TPSA) is 76.4 Å². The van der Waals surface area contributed by atoms with E-state index in [4.69, 9.17) is 10.5 Å². The molecule has 4 N–H and O–H groups in total. The molecule has 1 atom stereocenters. The van der Waals surface area contributed by atoms with Crippen molar-refractivity contribution in [2.24, 2.45) is 0 Å². The lowest BCUT2D eigenvalue weighted by Gasteiger charge is -2.13. The number of halogens is 2. The van der Waals surface area contributed by atoms with Gasteiger partial charge in [-0.25, -0.2) is 13.6 Å². The van der Waals surface area contributed by atoms with Crippen LogP contribution in [0.15, 0.2) is 12.1 Å². The van der Waals surface area contributed by atoms with Crippen molar-refractivity contribution in [3.63, 3.8) is 0 Å². The van der Waals surface area contributed by atoms with Gasteiger partial charge in [-0.3, -0.25) is 0 Å². The highest BCUT2D eigenvalue weighted by Gasteiger charge is 2.19. The molecule has 0 bridgehead atoms. The maximum atomic E-state index is 13.4. The van der Waals surface area contributed by atoms with Gasteiger partial charge in [-0.05, 0) is 12.5 Å². The highest BCUT2D eigenvalue weighted by atomic mass is 19.1. The highest BCUT2D eigenvalue weighted by molar-refractivity contribution is 5.92. The molecule has 2 amide bonds. The third-order valence-corrected chi connectivity index (χ3v) is 2.59. The summed E-state index contributed by atoms with van der Waals surface area (Å²) in [5.74, 6) is -1.70. The molecule has 0 aromatic heterocycles. The fourth-order valence-electron chi connectivity index (χ4n) is 1.71. The first-order chi connectivity index (χ1) is 8.56. The minimum Gasteiger partial charge on any atom is -0.397 e. The second kappa shape index (κ2) is 5.18. The van der Waals surface area contributed by atoms with Crippen molar-refractivity contribution < 1.29 is 18.3 Å². The van der Waals surface area contributed by atoms with Crippen molar-refractivity contribution in [3.8, 4) is 0 Å². The minimum atomic E-state index is -0.912. The molecule has 0 saturated carbocycles. The Hall–Kier alpha value is -1.89. The summed E-state index contributed by atoms with van der Waals surface area (Å²) in [5, 5.41) is 4.87. The lowest BCUT2D eigenvalue weighted by atomic mass is 10.2. The van der Waals surface area contributed by atoms with Crippen molar-refractivity contribution in [3.05, 3.63) is 23.8 Å². The van der Waals surface area contributed by atoms with Crippen LogP contribution in [0.2, 0.25) is 0 Å². The third-order valence-electron chi connectivity index (χ3n) is 2.59. The van der Waals surface area contributed by atoms with Gasteiger partial charge in [0.15, 0.2) is 5.82 Å². The molecule has 0 radical (unpaired) electrons. The van der Waals surface area contributed by atoms with E-state index in [1.54, 1.807) is 0 Å². The van der Waals surface area contributed by atoms with Crippen molar-refractivity contribution in [1.29, 1.82) is 0 Å². The number of nitrogens with one attached hydrogen (secondary N) is 2. The van der Waals surface area contributed by atoms with Crippen LogP contribution in [0.3, 0.4) is 0 Å². The number of hydrogen-bond donors (Lipinski definition) is 3. The van der Waals surface area contributed by atoms with Crippen LogP contribution < -0.4 is 16.4 Å². The predicted molar refractivity (Wildman–Crippen MR) is 62.1 cm³/mol. The lowest BCUT2D eigenvalue weighted by molar-refractivity contribution is 0.189. The summed E-state index contributed by atoms with van der Waals surface area (Å²) in [6.07, 6.45) is 0.703. The Bertz CT molecular complexity index is 439. The molecule has 2 rings (SSSR count). The summed E-state index contributed by atoms with van der Waals surface area (Å²) in [7, 11) is 0. The molecule has 98 valence electrons. The first kappa shape index (κ1) is 12.6. The zero-order valence-corrected chi connectivity index (χ0v) is 9.50. The Morgan fingerprint density at radius 2 is 2.22 bits per heavy atom. The normalized spacial score (nSPS) is 18.7. The number of urea groups is 1. The number of nitrogen functional groups attached to an aromatic ring is 1. The Morgan fingerprint density at radius 1 is 1.44 bits per heavy atom. The number of amides is 2. The zero-order valence-electron chi connectivity index (χ0n) is 9.50. The van der Waals surface area contributed by atoms with Crippen LogP contribution in [-0.4, -0.2) is 25.3 Å². The van der Waals surface area contributed by atoms with Crippen LogP contribution in [0.5, 0.6) is 0 Å². The average Bonchev–Trinajstić information content (AvgIpc) is 2.76. The maximum Gasteiger partial charge on any atom is 0.319 e. The summed E-state index contributed by atoms with van der Waals surface area (Å²) in [4.78, 5) is 11.6. The number of carbonyl (C=O) groups is 1. The van der Waals surface area contributed by atoms with E-state index in [-0.39, 0.29) is 17.4 Å². The summed E-state index contributed by atoms with van der Waals surface area (Å²) in [6, 6.07) is 0.902. The fraction of sp³-hybridized carbons (Fsp3) is 0.364. The highest BCUT2D eigenvalue weighted by Crippen LogP contribution is 2.23. The minimum absolute atomic E-state index is 0.102. The van der Waals surface area contributed by atoms with E-state index in [9.17, 15) is 13.6 Å². The number of nitrogens with two attached hydrogens (primary N) is 1. The third kappa shape index (κ3) is 2.86. The van der Waals surface area contributed by atoms with E-state index in [1.165, 1.54) is 0 Å². The van der Waals surface area contributed by atoms with E-state index in [1.807, 2.05) is 0 Å². The van der Waals surface area contributed by atoms with Gasteiger partial charge in [0.25, 0.3) is 0 Å². The monoisotopic (exact) mass is 257 g/mol. The van der Waals surface area contributed by atoms with Gasteiger partial charge in [0.1, 0.15) is 11.5 Å². The molecule has 1 heterocycles. The van der Waals surface area contributed by atoms with Gasteiger partial charge < -0.3 is 21.1 Å². The maximum absolute atomic E-state index is 13.4. The summed E-state index contributed by atoms with van der Waals surface area (Å²) >= 11 is 0. The number of anilines is 2. The van der Waals surface area contributed by atoms with Gasteiger partial charge in [0, 0.05) is 12.7 Å². The van der Waals surface area contributed by atoms with Gasteiger partial charge in [-0.2, -0.15) is 0 Å². The van der Waals surface area contributed by atoms with Crippen molar-refractivity contribution >= 4 is 17.4 Å². The first-order valence-corrected chi connectivity index (χ1v) is 5.46. The quantitative estimate of drug-likeness (QED) is 0.702. The Morgan fingerprint density at radius 3 is 2.83 bits per heavy atom. The number of rotatable bonds is 2. The van der Waals surface area contributed by atoms with Crippen LogP contribution in [0, 0.1) is 11.6 Å². The van der Waals surface area contributed by atoms with Crippen LogP contribution in [0.25, 0.3) is 0 Å². The van der Waals surface area contributed by atoms with Crippen molar-refractivity contribution in [2.45, 2.75) is 12.5 Å². The molecule has 1 fully saturated rings. The molecule has 7 heteroatoms. The van der Waals surface area contributed by atoms with E-state index in [0.717, 1.165) is 6.07 Å². The molecule has 1 unspecified atom stereocenters. The van der Waals surface area contributed by atoms with Crippen molar-refractivity contribution in [1.82, 2.24) is 5.32 Å². The standard InChI is InChI=1S/C11H13F2N3O2/c12-6-3-8(13)10(9(14)4-6)16-11(17)15-7-1-2-18-5-7/h3-4,7H,1-2,5,14H2,(H2,15,16,17). The molecule has 18 heavy (non-hydrogen) atoms. The van der Waals surface area contributed by atoms with E-state index in [0.29, 0.717) is 25.7 Å². The Kier molecular flexibility index (Phi) is 3.61. The van der Waals surface area contributed by atoms with Gasteiger partial charge in [-0.15, -0.1) is 0 Å². The molecule has 5 nitrogen and oxygen atoms in total. The Balaban J connectivity index is 2.02. The molecular formula is C11H13F2N3O2. The first-order valence-electron chi connectivity index (χ1n) is 5.46. The van der Waals surface area contributed by atoms with E-state index in [2.05, 4.69) is 10.6 Å². The van der Waals surface area contributed by atoms with Crippen LogP contribution in [0.1, 0.15) is 6.42 Å². The SMILES string of the molecule is Nc1cc(F)cc(F)c1NC(=O)NC1CCOC1. The van der Waals surface area contributed by atoms with Gasteiger partial charge >= 0.3 is 6.03 Å². The molecule has 1 aromatic rings. The molecule has 0 aliphatic carbocycles. The molecule has 1 aliphatic rings. The second-order valence-corrected chi connectivity index (χ2v) is 4.01. The summed E-state index contributed by atoms with van der Waals surface area (Å²) in [5.41, 5.74) is 5.04. The second-order valence-electron chi connectivity index (χ2n) is 4.01. The zero-order chi connectivity index (χ0) is 13.1. The molecule has 0 spiro atoms. The lowest BCUT2D eigenvalue weighted by Crippen LogP contribution is -2.38. The van der Waals surface area contributed by atoms with Crippen LogP contribution in [0.4, 0.5) is 25.0 Å². The fourth-order valence-corrected chi connectivity index (χ4v) is 1.71. The number of benzene rings is 1. The number of ether oxygens (including phenoxy) is 1. The average molecular weight is 257 g/mol. The van der Waals surface area contributed by atoms with Gasteiger partial charge in [-0.1, -0.05) is 0 Å². The summed E-state index contributed by atoms with van der Waals surface area (Å²) < 4.78 is 31.3. The summed E-state index contributed by atoms with van der Waals surface area (Å²) in [6.45, 7) is 1.01. The van der Waals surface area contributed by atoms with Crippen molar-refractivity contribution in [2.75, 3.05) is 24.3 Å². The van der Waals surface area contributed by atoms with Crippen LogP contribution >= 0.6 is 0 Å². The van der Waals surface area contributed by atoms with Crippen LogP contribution in [-0.2, 0) is 4.74 Å². The molecule has 1 aliphatic heterocycles. The molecule has 1 aromatic carbocycles. The predicted octanol–water partition coefficient (Wildman–Crippen LogP) is 1.46. The molecular weight excluding hydrogens is 244 g/mol. The van der Waals surface area contributed by atoms with Gasteiger partial charge in [0.05, 0.1) is 18.3 Å². The van der Waals surface area contributed by atoms with E-state index < -0.39 is 17.7 Å². The van der Waals surface area contributed by atoms with E-state index >= 15 is 0 Å². The Labute approximate surface area is 102 Å². The number of carbonyl (C=O) groups excluding carboxylic acids is 1. The largest absolute Gasteiger partial charge is 0.397 e.